The monoisotopic (exact) mass is 545 g/mol. The molecule has 0 N–H and O–H groups in total. The van der Waals surface area contributed by atoms with Crippen LogP contribution < -0.4 is 10.4 Å². The van der Waals surface area contributed by atoms with Crippen LogP contribution in [0.4, 0.5) is 0 Å². The summed E-state index contributed by atoms with van der Waals surface area (Å²) in [5.74, 6) is 0. The van der Waals surface area contributed by atoms with Crippen LogP contribution in [0.25, 0.3) is 6.08 Å². The summed E-state index contributed by atoms with van der Waals surface area (Å²) in [7, 11) is -4.61. The average Bonchev–Trinajstić information content (AvgIpc) is 2.86. The molecule has 1 atom stereocenters. The standard InChI is InChI=1S/C33H47NO2Si2/c1-27(26-28-18-16-17-24-34-28)31(23-25-35-37(8,9)32(2,3)4)36-38(33(5,6)7,29-19-12-10-13-20-29)30-21-14-11-15-22-30/h10-22,24,26,31H,23,25H2,1-9H3/b27-26+/t31-/m0/s1. The average molecular weight is 546 g/mol. The first-order chi connectivity index (χ1) is 17.8. The molecule has 5 heteroatoms. The lowest BCUT2D eigenvalue weighted by Gasteiger charge is -2.45. The van der Waals surface area contributed by atoms with Crippen molar-refractivity contribution in [2.45, 2.75) is 84.2 Å². The summed E-state index contributed by atoms with van der Waals surface area (Å²) in [5, 5.41) is 2.65. The van der Waals surface area contributed by atoms with Crippen molar-refractivity contribution in [1.29, 1.82) is 0 Å². The van der Waals surface area contributed by atoms with E-state index in [-0.39, 0.29) is 16.2 Å². The Morgan fingerprint density at radius 3 is 1.76 bits per heavy atom. The zero-order chi connectivity index (χ0) is 28.0. The van der Waals surface area contributed by atoms with E-state index in [0.717, 1.165) is 12.1 Å². The second-order valence-electron chi connectivity index (χ2n) is 12.8. The lowest BCUT2D eigenvalue weighted by Crippen LogP contribution is -2.67. The molecule has 0 aliphatic rings. The van der Waals surface area contributed by atoms with E-state index in [1.165, 1.54) is 15.9 Å². The number of aromatic nitrogens is 1. The van der Waals surface area contributed by atoms with Gasteiger partial charge in [-0.15, -0.1) is 0 Å². The Hall–Kier alpha value is -2.32. The fourth-order valence-corrected chi connectivity index (χ4v) is 10.5. The van der Waals surface area contributed by atoms with Crippen molar-refractivity contribution in [2.75, 3.05) is 6.61 Å². The molecule has 0 spiro atoms. The summed E-state index contributed by atoms with van der Waals surface area (Å²) in [6.07, 6.45) is 4.71. The second-order valence-corrected chi connectivity index (χ2v) is 21.9. The van der Waals surface area contributed by atoms with Gasteiger partial charge in [0.15, 0.2) is 8.32 Å². The number of hydrogen-bond acceptors (Lipinski definition) is 3. The molecule has 0 saturated carbocycles. The highest BCUT2D eigenvalue weighted by Crippen LogP contribution is 2.40. The predicted octanol–water partition coefficient (Wildman–Crippen LogP) is 7.84. The highest BCUT2D eigenvalue weighted by molar-refractivity contribution is 6.99. The van der Waals surface area contributed by atoms with Crippen LogP contribution in [0.1, 0.15) is 60.6 Å². The maximum atomic E-state index is 7.59. The van der Waals surface area contributed by atoms with Gasteiger partial charge in [-0.05, 0) is 70.7 Å². The Morgan fingerprint density at radius 2 is 1.32 bits per heavy atom. The summed E-state index contributed by atoms with van der Waals surface area (Å²) in [4.78, 5) is 4.57. The molecule has 3 nitrogen and oxygen atoms in total. The highest BCUT2D eigenvalue weighted by Gasteiger charge is 2.51. The van der Waals surface area contributed by atoms with Gasteiger partial charge in [0.05, 0.1) is 11.8 Å². The largest absolute Gasteiger partial charge is 0.417 e. The maximum Gasteiger partial charge on any atom is 0.261 e. The van der Waals surface area contributed by atoms with Crippen LogP contribution in [0.2, 0.25) is 23.2 Å². The lowest BCUT2D eigenvalue weighted by molar-refractivity contribution is 0.173. The maximum absolute atomic E-state index is 7.59. The molecular formula is C33H47NO2Si2. The first-order valence-electron chi connectivity index (χ1n) is 13.8. The van der Waals surface area contributed by atoms with Gasteiger partial charge in [0.25, 0.3) is 8.32 Å². The molecule has 204 valence electrons. The normalized spacial score (nSPS) is 14.4. The molecule has 2 aromatic carbocycles. The van der Waals surface area contributed by atoms with E-state index in [2.05, 4.69) is 139 Å². The van der Waals surface area contributed by atoms with Crippen LogP contribution in [0, 0.1) is 0 Å². The molecule has 38 heavy (non-hydrogen) atoms. The fraction of sp³-hybridized carbons (Fsp3) is 0.424. The van der Waals surface area contributed by atoms with E-state index in [1.807, 2.05) is 18.3 Å². The first kappa shape index (κ1) is 30.2. The summed E-state index contributed by atoms with van der Waals surface area (Å²) >= 11 is 0. The smallest absolute Gasteiger partial charge is 0.261 e. The summed E-state index contributed by atoms with van der Waals surface area (Å²) in [6.45, 7) is 21.4. The zero-order valence-electron chi connectivity index (χ0n) is 24.9. The van der Waals surface area contributed by atoms with Gasteiger partial charge >= 0.3 is 0 Å². The third-order valence-corrected chi connectivity index (χ3v) is 17.5. The number of nitrogens with zero attached hydrogens (tertiary/aromatic N) is 1. The summed E-state index contributed by atoms with van der Waals surface area (Å²) < 4.78 is 14.3. The van der Waals surface area contributed by atoms with Crippen LogP contribution in [-0.2, 0) is 8.85 Å². The molecule has 0 aliphatic heterocycles. The number of benzene rings is 2. The van der Waals surface area contributed by atoms with Crippen molar-refractivity contribution >= 4 is 33.1 Å². The van der Waals surface area contributed by atoms with E-state index in [1.54, 1.807) is 0 Å². The van der Waals surface area contributed by atoms with Gasteiger partial charge in [-0.1, -0.05) is 108 Å². The van der Waals surface area contributed by atoms with E-state index in [4.69, 9.17) is 8.85 Å². The van der Waals surface area contributed by atoms with E-state index >= 15 is 0 Å². The van der Waals surface area contributed by atoms with Gasteiger partial charge in [0, 0.05) is 12.8 Å². The molecular weight excluding hydrogens is 499 g/mol. The lowest BCUT2D eigenvalue weighted by atomic mass is 10.1. The fourth-order valence-electron chi connectivity index (χ4n) is 4.71. The Balaban J connectivity index is 2.10. The number of hydrogen-bond donors (Lipinski definition) is 0. The molecule has 0 fully saturated rings. The van der Waals surface area contributed by atoms with Gasteiger partial charge in [-0.25, -0.2) is 0 Å². The van der Waals surface area contributed by atoms with E-state index in [0.29, 0.717) is 6.61 Å². The SMILES string of the molecule is C/C(=C\c1ccccn1)[C@H](CCO[Si](C)(C)C(C)(C)C)O[Si](c1ccccc1)(c1ccccc1)C(C)(C)C. The minimum absolute atomic E-state index is 0.0977. The topological polar surface area (TPSA) is 31.4 Å². The van der Waals surface area contributed by atoms with Gasteiger partial charge < -0.3 is 8.85 Å². The number of pyridine rings is 1. The van der Waals surface area contributed by atoms with Crippen molar-refractivity contribution in [3.05, 3.63) is 96.3 Å². The Labute approximate surface area is 233 Å². The van der Waals surface area contributed by atoms with Gasteiger partial charge in [0.2, 0.25) is 0 Å². The van der Waals surface area contributed by atoms with Gasteiger partial charge in [-0.3, -0.25) is 4.98 Å². The van der Waals surface area contributed by atoms with Gasteiger partial charge in [-0.2, -0.15) is 0 Å². The van der Waals surface area contributed by atoms with Crippen molar-refractivity contribution in [3.8, 4) is 0 Å². The minimum atomic E-state index is -2.73. The first-order valence-corrected chi connectivity index (χ1v) is 18.6. The Morgan fingerprint density at radius 1 is 0.789 bits per heavy atom. The van der Waals surface area contributed by atoms with Crippen LogP contribution >= 0.6 is 0 Å². The second kappa shape index (κ2) is 12.2. The van der Waals surface area contributed by atoms with Crippen molar-refractivity contribution < 1.29 is 8.85 Å². The molecule has 1 heterocycles. The molecule has 0 unspecified atom stereocenters. The Kier molecular flexibility index (Phi) is 9.74. The van der Waals surface area contributed by atoms with Crippen molar-refractivity contribution in [3.63, 3.8) is 0 Å². The summed E-state index contributed by atoms with van der Waals surface area (Å²) in [6, 6.07) is 27.8. The predicted molar refractivity (Wildman–Crippen MR) is 168 cm³/mol. The number of rotatable bonds is 10. The molecule has 0 bridgehead atoms. The minimum Gasteiger partial charge on any atom is -0.417 e. The van der Waals surface area contributed by atoms with Crippen LogP contribution in [-0.4, -0.2) is 34.3 Å². The summed E-state index contributed by atoms with van der Waals surface area (Å²) in [5.41, 5.74) is 2.13. The molecule has 3 aromatic rings. The molecule has 0 amide bonds. The van der Waals surface area contributed by atoms with Crippen LogP contribution in [0.3, 0.4) is 0 Å². The van der Waals surface area contributed by atoms with E-state index < -0.39 is 16.6 Å². The van der Waals surface area contributed by atoms with E-state index in [9.17, 15) is 0 Å². The molecule has 1 aromatic heterocycles. The van der Waals surface area contributed by atoms with Gasteiger partial charge in [0.1, 0.15) is 0 Å². The van der Waals surface area contributed by atoms with Crippen LogP contribution in [0.5, 0.6) is 0 Å². The molecule has 0 aliphatic carbocycles. The highest BCUT2D eigenvalue weighted by atomic mass is 28.4. The van der Waals surface area contributed by atoms with Crippen molar-refractivity contribution in [2.24, 2.45) is 0 Å². The molecule has 3 rings (SSSR count). The molecule has 0 radical (unpaired) electrons. The zero-order valence-corrected chi connectivity index (χ0v) is 26.9. The third-order valence-electron chi connectivity index (χ3n) is 7.96. The quantitative estimate of drug-likeness (QED) is 0.243. The van der Waals surface area contributed by atoms with Crippen molar-refractivity contribution in [1.82, 2.24) is 4.98 Å². The third kappa shape index (κ3) is 7.00. The Bertz CT molecular complexity index is 1120. The molecule has 0 saturated heterocycles. The van der Waals surface area contributed by atoms with Crippen LogP contribution in [0.15, 0.2) is 90.6 Å².